The number of rotatable bonds is 21. The summed E-state index contributed by atoms with van der Waals surface area (Å²) < 4.78 is 10.4. The molecule has 4 N–H and O–H groups in total. The Labute approximate surface area is 190 Å². The first-order valence-electron chi connectivity index (χ1n) is 11.4. The van der Waals surface area contributed by atoms with E-state index in [0.29, 0.717) is 19.2 Å². The van der Waals surface area contributed by atoms with Crippen LogP contribution in [0.15, 0.2) is 0 Å². The van der Waals surface area contributed by atoms with Crippen LogP contribution in [0.2, 0.25) is 0 Å². The molecule has 2 atom stereocenters. The van der Waals surface area contributed by atoms with Crippen LogP contribution >= 0.6 is 0 Å². The van der Waals surface area contributed by atoms with Crippen molar-refractivity contribution in [3.63, 3.8) is 0 Å². The van der Waals surface area contributed by atoms with Gasteiger partial charge in [-0.05, 0) is 32.1 Å². The fourth-order valence-corrected chi connectivity index (χ4v) is 3.38. The lowest BCUT2D eigenvalue weighted by molar-refractivity contribution is -0.156. The van der Waals surface area contributed by atoms with E-state index in [-0.39, 0.29) is 32.5 Å². The third-order valence-corrected chi connectivity index (χ3v) is 5.36. The third kappa shape index (κ3) is 10.9. The number of hydrogen-bond donors (Lipinski definition) is 4. The summed E-state index contributed by atoms with van der Waals surface area (Å²) in [6.45, 7) is 3.40. The number of carbonyl (C=O) groups is 4. The van der Waals surface area contributed by atoms with Crippen LogP contribution in [0.4, 0.5) is 0 Å². The summed E-state index contributed by atoms with van der Waals surface area (Å²) in [4.78, 5) is 47.2. The molecule has 0 rings (SSSR count). The molecule has 0 saturated carbocycles. The average Bonchev–Trinajstić information content (AvgIpc) is 2.78. The predicted molar refractivity (Wildman–Crippen MR) is 117 cm³/mol. The van der Waals surface area contributed by atoms with Crippen LogP contribution in [0, 0.1) is 11.8 Å². The average molecular weight is 461 g/mol. The van der Waals surface area contributed by atoms with Crippen LogP contribution in [-0.4, -0.2) is 67.1 Å². The molecule has 0 aromatic heterocycles. The van der Waals surface area contributed by atoms with Gasteiger partial charge >= 0.3 is 11.9 Å². The number of aliphatic hydroxyl groups excluding tert-OH is 2. The number of amides is 2. The van der Waals surface area contributed by atoms with Crippen molar-refractivity contribution in [3.05, 3.63) is 0 Å². The summed E-state index contributed by atoms with van der Waals surface area (Å²) in [5.41, 5.74) is -1.59. The highest BCUT2D eigenvalue weighted by Gasteiger charge is 2.43. The van der Waals surface area contributed by atoms with Crippen molar-refractivity contribution < 1.29 is 38.9 Å². The lowest BCUT2D eigenvalue weighted by Crippen LogP contribution is -2.64. The minimum Gasteiger partial charge on any atom is -0.465 e. The standard InChI is InChI=1S/C22H40N2O8/c1-3-5-7-12-31-20(29)18(14-25)10-9-11-22(23-16-27,24-17-28)19(15-26)21(30)32-13-8-6-4-2/h16-19,25-26H,3-15H2,1-2H3,(H,23,27)(H,24,28)/t18-,19-/m1/s1. The van der Waals surface area contributed by atoms with Crippen LogP contribution in [0.5, 0.6) is 0 Å². The molecule has 2 amide bonds. The van der Waals surface area contributed by atoms with Gasteiger partial charge < -0.3 is 30.3 Å². The second kappa shape index (κ2) is 18.4. The molecule has 0 aliphatic heterocycles. The Morgan fingerprint density at radius 1 is 0.844 bits per heavy atom. The van der Waals surface area contributed by atoms with E-state index in [1.165, 1.54) is 0 Å². The molecule has 186 valence electrons. The van der Waals surface area contributed by atoms with Crippen molar-refractivity contribution in [1.82, 2.24) is 10.6 Å². The van der Waals surface area contributed by atoms with E-state index in [4.69, 9.17) is 9.47 Å². The number of ether oxygens (including phenoxy) is 2. The molecule has 0 aromatic rings. The summed E-state index contributed by atoms with van der Waals surface area (Å²) in [7, 11) is 0. The van der Waals surface area contributed by atoms with Crippen molar-refractivity contribution >= 4 is 24.8 Å². The lowest BCUT2D eigenvalue weighted by atomic mass is 9.86. The molecule has 0 bridgehead atoms. The summed E-state index contributed by atoms with van der Waals surface area (Å²) in [5.74, 6) is -3.28. The van der Waals surface area contributed by atoms with Crippen molar-refractivity contribution in [2.45, 2.75) is 77.3 Å². The van der Waals surface area contributed by atoms with E-state index in [9.17, 15) is 29.4 Å². The minimum atomic E-state index is -1.59. The summed E-state index contributed by atoms with van der Waals surface area (Å²) >= 11 is 0. The fraction of sp³-hybridized carbons (Fsp3) is 0.818. The molecule has 0 aromatic carbocycles. The number of carbonyl (C=O) groups excluding carboxylic acids is 4. The maximum Gasteiger partial charge on any atom is 0.315 e. The highest BCUT2D eigenvalue weighted by atomic mass is 16.5. The van der Waals surface area contributed by atoms with Gasteiger partial charge in [-0.1, -0.05) is 39.5 Å². The van der Waals surface area contributed by atoms with E-state index < -0.39 is 42.7 Å². The van der Waals surface area contributed by atoms with Gasteiger partial charge in [0.05, 0.1) is 32.3 Å². The molecule has 0 unspecified atom stereocenters. The van der Waals surface area contributed by atoms with E-state index in [0.717, 1.165) is 32.1 Å². The molecule has 0 heterocycles. The summed E-state index contributed by atoms with van der Waals surface area (Å²) in [6.07, 6.45) is 6.28. The second-order valence-corrected chi connectivity index (χ2v) is 7.75. The molecule has 0 saturated heterocycles. The molecule has 0 aliphatic carbocycles. The van der Waals surface area contributed by atoms with E-state index in [1.807, 2.05) is 13.8 Å². The van der Waals surface area contributed by atoms with Gasteiger partial charge in [-0.25, -0.2) is 0 Å². The van der Waals surface area contributed by atoms with Gasteiger partial charge in [-0.15, -0.1) is 0 Å². The van der Waals surface area contributed by atoms with E-state index in [1.54, 1.807) is 0 Å². The normalized spacial score (nSPS) is 13.0. The van der Waals surface area contributed by atoms with Crippen molar-refractivity contribution in [2.75, 3.05) is 26.4 Å². The van der Waals surface area contributed by atoms with Gasteiger partial charge in [0.2, 0.25) is 12.8 Å². The Balaban J connectivity index is 5.14. The van der Waals surface area contributed by atoms with Crippen molar-refractivity contribution in [2.24, 2.45) is 11.8 Å². The molecule has 0 spiro atoms. The zero-order valence-electron chi connectivity index (χ0n) is 19.3. The van der Waals surface area contributed by atoms with Gasteiger partial charge in [0.25, 0.3) is 0 Å². The van der Waals surface area contributed by atoms with Crippen LogP contribution in [0.25, 0.3) is 0 Å². The Hall–Kier alpha value is -2.20. The van der Waals surface area contributed by atoms with Gasteiger partial charge in [0.1, 0.15) is 11.6 Å². The maximum absolute atomic E-state index is 12.6. The zero-order chi connectivity index (χ0) is 24.2. The number of nitrogens with one attached hydrogen (secondary N) is 2. The molecular weight excluding hydrogens is 420 g/mol. The first-order valence-corrected chi connectivity index (χ1v) is 11.4. The molecule has 10 nitrogen and oxygen atoms in total. The minimum absolute atomic E-state index is 0.0272. The molecule has 0 fully saturated rings. The maximum atomic E-state index is 12.6. The number of aliphatic hydroxyl groups is 2. The van der Waals surface area contributed by atoms with Crippen LogP contribution in [0.3, 0.4) is 0 Å². The number of hydrogen-bond acceptors (Lipinski definition) is 8. The van der Waals surface area contributed by atoms with Gasteiger partial charge in [0.15, 0.2) is 0 Å². The third-order valence-electron chi connectivity index (χ3n) is 5.36. The van der Waals surface area contributed by atoms with E-state index in [2.05, 4.69) is 10.6 Å². The summed E-state index contributed by atoms with van der Waals surface area (Å²) in [5, 5.41) is 24.3. The Morgan fingerprint density at radius 2 is 1.38 bits per heavy atom. The predicted octanol–water partition coefficient (Wildman–Crippen LogP) is 1.03. The van der Waals surface area contributed by atoms with E-state index >= 15 is 0 Å². The van der Waals surface area contributed by atoms with Gasteiger partial charge in [-0.2, -0.15) is 0 Å². The Kier molecular flexibility index (Phi) is 17.1. The van der Waals surface area contributed by atoms with Crippen LogP contribution in [0.1, 0.15) is 71.6 Å². The SMILES string of the molecule is CCCCCOC(=O)[C@@H](CO)CCCC(NC=O)(NC=O)[C@H](CO)C(=O)OCCCCC. The molecular formula is C22H40N2O8. The van der Waals surface area contributed by atoms with Gasteiger partial charge in [0, 0.05) is 0 Å². The first kappa shape index (κ1) is 29.8. The van der Waals surface area contributed by atoms with Crippen LogP contribution in [-0.2, 0) is 28.7 Å². The zero-order valence-corrected chi connectivity index (χ0v) is 19.3. The molecule has 10 heteroatoms. The lowest BCUT2D eigenvalue weighted by Gasteiger charge is -2.38. The quantitative estimate of drug-likeness (QED) is 0.0858. The van der Waals surface area contributed by atoms with Crippen molar-refractivity contribution in [3.8, 4) is 0 Å². The number of unbranched alkanes of at least 4 members (excludes halogenated alkanes) is 4. The van der Waals surface area contributed by atoms with Crippen LogP contribution < -0.4 is 10.6 Å². The highest BCUT2D eigenvalue weighted by molar-refractivity contribution is 5.76. The monoisotopic (exact) mass is 460 g/mol. The molecule has 0 aliphatic rings. The second-order valence-electron chi connectivity index (χ2n) is 7.75. The van der Waals surface area contributed by atoms with Crippen molar-refractivity contribution in [1.29, 1.82) is 0 Å². The largest absolute Gasteiger partial charge is 0.465 e. The molecule has 32 heavy (non-hydrogen) atoms. The Bertz CT molecular complexity index is 534. The molecule has 0 radical (unpaired) electrons. The number of esters is 2. The summed E-state index contributed by atoms with van der Waals surface area (Å²) in [6, 6.07) is 0. The fourth-order valence-electron chi connectivity index (χ4n) is 3.38. The Morgan fingerprint density at radius 3 is 1.81 bits per heavy atom. The first-order chi connectivity index (χ1) is 15.5. The smallest absolute Gasteiger partial charge is 0.315 e. The van der Waals surface area contributed by atoms with Gasteiger partial charge in [-0.3, -0.25) is 19.2 Å². The topological polar surface area (TPSA) is 151 Å². The highest BCUT2D eigenvalue weighted by Crippen LogP contribution is 2.24.